The van der Waals surface area contributed by atoms with Crippen molar-refractivity contribution in [3.63, 3.8) is 0 Å². The number of amides is 7. The van der Waals surface area contributed by atoms with Crippen LogP contribution in [0.5, 0.6) is 5.75 Å². The third kappa shape index (κ3) is 18.5. The number of esters is 2. The number of methoxy groups -OCH3 is 1. The summed E-state index contributed by atoms with van der Waals surface area (Å²) in [6.45, 7) is 8.01. The number of primary amides is 1. The highest BCUT2D eigenvalue weighted by Gasteiger charge is 2.50. The second kappa shape index (κ2) is 35.9. The summed E-state index contributed by atoms with van der Waals surface area (Å²) in [4.78, 5) is 166. The average molecular weight is 1660 g/mol. The lowest BCUT2D eigenvalue weighted by Crippen LogP contribution is -2.62. The van der Waals surface area contributed by atoms with Crippen molar-refractivity contribution < 1.29 is 111 Å². The lowest BCUT2D eigenvalue weighted by atomic mass is 9.85. The molecule has 0 aliphatic carbocycles. The number of allylic oxidation sites excluding steroid dienone is 1. The highest BCUT2D eigenvalue weighted by Crippen LogP contribution is 2.43. The van der Waals surface area contributed by atoms with Gasteiger partial charge in [0.1, 0.15) is 120 Å². The zero-order valence-corrected chi connectivity index (χ0v) is 65.4. The van der Waals surface area contributed by atoms with E-state index in [1.165, 1.54) is 60.0 Å². The summed E-state index contributed by atoms with van der Waals surface area (Å²) in [6.07, 6.45) is -9.01. The molecule has 7 amide bonds. The van der Waals surface area contributed by atoms with Crippen LogP contribution in [-0.4, -0.2) is 242 Å². The molecule has 10 atom stereocenters. The van der Waals surface area contributed by atoms with Gasteiger partial charge in [-0.15, -0.1) is 56.7 Å². The number of aliphatic hydroxyl groups is 3. The van der Waals surface area contributed by atoms with Crippen molar-refractivity contribution in [1.82, 2.24) is 71.4 Å². The molecule has 10 unspecified atom stereocenters. The van der Waals surface area contributed by atoms with Gasteiger partial charge in [0.15, 0.2) is 18.1 Å². The van der Waals surface area contributed by atoms with E-state index < -0.39 is 151 Å². The van der Waals surface area contributed by atoms with E-state index in [4.69, 9.17) is 73.3 Å². The van der Waals surface area contributed by atoms with Crippen LogP contribution in [0.1, 0.15) is 125 Å². The molecule has 0 spiro atoms. The molecule has 0 radical (unpaired) electrons. The summed E-state index contributed by atoms with van der Waals surface area (Å²) in [5.74, 6) is -8.60. The molecule has 38 nitrogen and oxygen atoms in total. The Morgan fingerprint density at radius 1 is 0.814 bits per heavy atom. The number of nitrogens with two attached hydrogens (primary N) is 1. The molecule has 1 aromatic carbocycles. The highest BCUT2D eigenvalue weighted by atomic mass is 32.1. The smallest absolute Gasteiger partial charge is 0.432 e. The summed E-state index contributed by atoms with van der Waals surface area (Å²) in [7, 11) is 4.80. The Bertz CT molecular complexity index is 4990. The van der Waals surface area contributed by atoms with Crippen LogP contribution in [-0.2, 0) is 70.2 Å². The van der Waals surface area contributed by atoms with E-state index in [1.54, 1.807) is 45.0 Å². The third-order valence-electron chi connectivity index (χ3n) is 18.0. The van der Waals surface area contributed by atoms with Gasteiger partial charge in [-0.1, -0.05) is 18.7 Å². The molecule has 12 rings (SSSR count). The van der Waals surface area contributed by atoms with E-state index >= 15 is 19.2 Å². The lowest BCUT2D eigenvalue weighted by Gasteiger charge is -2.48. The van der Waals surface area contributed by atoms with Crippen LogP contribution < -0.4 is 42.5 Å². The Morgan fingerprint density at radius 3 is 2.18 bits per heavy atom. The average Bonchev–Trinajstić information content (AvgIpc) is 1.49. The number of aliphatic hydroxyl groups excluding tert-OH is 2. The molecule has 4 aliphatic rings. The molecule has 600 valence electrons. The Hall–Kier alpha value is -10.2. The minimum atomic E-state index is -2.00. The first-order valence-corrected chi connectivity index (χ1v) is 39.1. The van der Waals surface area contributed by atoms with Gasteiger partial charge in [-0.25, -0.2) is 44.3 Å². The maximum atomic E-state index is 15.8. The van der Waals surface area contributed by atoms with Crippen molar-refractivity contribution in [3.05, 3.63) is 124 Å². The Morgan fingerprint density at radius 2 is 1.47 bits per heavy atom. The molecular weight excluding hydrogens is 1580 g/mol. The van der Waals surface area contributed by atoms with Crippen LogP contribution in [0.25, 0.3) is 49.3 Å². The molecule has 4 aliphatic heterocycles. The van der Waals surface area contributed by atoms with Gasteiger partial charge in [-0.3, -0.25) is 28.8 Å². The molecule has 7 aromatic heterocycles. The number of benzene rings is 1. The number of carbonyl (C=O) groups excluding carboxylic acids is 9. The summed E-state index contributed by atoms with van der Waals surface area (Å²) in [5, 5.41) is 66.9. The zero-order valence-electron chi connectivity index (χ0n) is 61.3. The Kier molecular flexibility index (Phi) is 26.1. The summed E-state index contributed by atoms with van der Waals surface area (Å²) >= 11 is 4.34. The fraction of sp³-hybridized carbons (Fsp3) is 0.414. The van der Waals surface area contributed by atoms with Crippen molar-refractivity contribution in [2.75, 3.05) is 80.6 Å². The van der Waals surface area contributed by atoms with Gasteiger partial charge in [-0.05, 0) is 59.5 Å². The van der Waals surface area contributed by atoms with E-state index in [1.807, 2.05) is 0 Å². The molecule has 11 heterocycles. The zero-order chi connectivity index (χ0) is 80.7. The SMILES string of the molecule is C=C(NC(=O)c1csc(-c2nc3c(cc2O)-c2nc(cs2)C(=O)NC(C(C)O)C(=O)N/C(=C(\C)OC)c2nc(cs2)C(=O)NC2c4nc(cs4)C(=O)NC(COC(=O)c4c5c6c(cccc6n4OC(=O)NCCOCCOCCOCCO)COC(=O)C(OC4CC(C)(O)C(N(C)C)C(C)O4)C2OC5)c2nc-3cs2)n1)C(N)=O. The Balaban J connectivity index is 1.03. The van der Waals surface area contributed by atoms with Crippen molar-refractivity contribution in [2.24, 2.45) is 5.73 Å². The number of cyclic esters (lactones) is 2. The van der Waals surface area contributed by atoms with E-state index in [-0.39, 0.29) is 163 Å². The molecule has 12 bridgehead atoms. The van der Waals surface area contributed by atoms with Crippen LogP contribution in [0.15, 0.2) is 69.2 Å². The van der Waals surface area contributed by atoms with E-state index in [2.05, 4.69) is 53.4 Å². The number of aromatic nitrogens is 7. The molecule has 1 saturated heterocycles. The summed E-state index contributed by atoms with van der Waals surface area (Å²) in [5.41, 5.74) is 1.52. The number of ether oxygens (including phenoxy) is 9. The largest absolute Gasteiger partial charge is 0.506 e. The monoisotopic (exact) mass is 1660 g/mol. The standard InChI is InChI=1S/C70H77N15O23S5/c1-30(56(71)89)73-57(90)39-27-112-65(78-39)50-44(88)20-35-49(80-50)38-25-110-63(75-38)37-24-105-67(95)52-36-23-103-53(51(66-79-40(28-113-66)58(91)74-37)83-60(93)42-29-111-64(77-42)48(32(3)99-8)82-61(94)47(31(2)87)81-59(92)41-26-109-62(35)76-41)54(107-45-21-70(5,98)55(84(6)7)33(4)106-45)68(96)104-22-34-10-9-11-43(46(34)36)85(52)108-69(97)72-12-14-100-16-18-102-19-17-101-15-13-86/h9-11,20,25-29,31,33,37,45,47,51,53-55,86-88,98H,1,12-19,21-24H2,2-8H3,(H2,71,89)(H,72,97)(H,73,90)(H,74,91)(H,81,92)(H,82,94)(H,83,93)/b48-32+. The Labute approximate surface area is 661 Å². The quantitative estimate of drug-likeness (QED) is 0.0213. The van der Waals surface area contributed by atoms with Crippen LogP contribution >= 0.6 is 56.7 Å². The predicted octanol–water partition coefficient (Wildman–Crippen LogP) is 2.83. The van der Waals surface area contributed by atoms with Gasteiger partial charge in [0.2, 0.25) is 5.91 Å². The normalized spacial score (nSPS) is 22.3. The second-order valence-electron chi connectivity index (χ2n) is 26.2. The topological polar surface area (TPSA) is 511 Å². The van der Waals surface area contributed by atoms with Crippen molar-refractivity contribution >= 4 is 127 Å². The van der Waals surface area contributed by atoms with Gasteiger partial charge in [0.05, 0.1) is 95.0 Å². The first kappa shape index (κ1) is 82.2. The van der Waals surface area contributed by atoms with Gasteiger partial charge in [-0.2, -0.15) is 4.73 Å². The number of nitrogens with one attached hydrogen (secondary N) is 6. The van der Waals surface area contributed by atoms with Crippen LogP contribution in [0.4, 0.5) is 4.79 Å². The maximum absolute atomic E-state index is 15.8. The number of hydrogen-bond acceptors (Lipinski definition) is 35. The number of pyridine rings is 1. The molecule has 12 N–H and O–H groups in total. The van der Waals surface area contributed by atoms with E-state index in [9.17, 15) is 39.3 Å². The number of fused-ring (bicyclic) bond motifs is 15. The van der Waals surface area contributed by atoms with Gasteiger partial charge in [0.25, 0.3) is 29.5 Å². The van der Waals surface area contributed by atoms with Crippen molar-refractivity contribution in [2.45, 2.75) is 108 Å². The van der Waals surface area contributed by atoms with E-state index in [0.29, 0.717) is 0 Å². The summed E-state index contributed by atoms with van der Waals surface area (Å²) < 4.78 is 55.6. The number of aromatic hydroxyl groups is 1. The van der Waals surface area contributed by atoms with Crippen LogP contribution in [0, 0.1) is 0 Å². The van der Waals surface area contributed by atoms with Gasteiger partial charge in [0, 0.05) is 56.4 Å². The molecular formula is C70H77N15O23S5. The molecule has 43 heteroatoms. The first-order chi connectivity index (χ1) is 54.1. The molecule has 8 aromatic rings. The van der Waals surface area contributed by atoms with Crippen LogP contribution in [0.2, 0.25) is 0 Å². The van der Waals surface area contributed by atoms with Crippen LogP contribution in [0.3, 0.4) is 0 Å². The fourth-order valence-corrected chi connectivity index (χ4v) is 16.9. The molecule has 0 saturated carbocycles. The third-order valence-corrected chi connectivity index (χ3v) is 22.4. The first-order valence-electron chi connectivity index (χ1n) is 34.7. The molecule has 1 fully saturated rings. The minimum Gasteiger partial charge on any atom is -0.506 e. The van der Waals surface area contributed by atoms with Crippen molar-refractivity contribution in [1.29, 1.82) is 0 Å². The number of hydrogen-bond donors (Lipinski definition) is 11. The summed E-state index contributed by atoms with van der Waals surface area (Å²) in [6, 6.07) is 0.349. The maximum Gasteiger partial charge on any atom is 0.432 e. The van der Waals surface area contributed by atoms with Crippen molar-refractivity contribution in [3.8, 4) is 38.4 Å². The second-order valence-corrected chi connectivity index (χ2v) is 30.5. The van der Waals surface area contributed by atoms with E-state index in [0.717, 1.165) is 61.4 Å². The number of rotatable bonds is 21. The number of likely N-dealkylation sites (N-methyl/N-ethyl adjacent to an activating group) is 1. The minimum absolute atomic E-state index is 0.0000279. The van der Waals surface area contributed by atoms with Gasteiger partial charge < -0.3 is 110 Å². The number of thiazole rings is 5. The highest BCUT2D eigenvalue weighted by molar-refractivity contribution is 7.14. The fourth-order valence-electron chi connectivity index (χ4n) is 12.8. The predicted molar refractivity (Wildman–Crippen MR) is 402 cm³/mol. The number of nitrogens with zero attached hydrogens (tertiary/aromatic N) is 8. The lowest BCUT2D eigenvalue weighted by molar-refractivity contribution is -0.280. The molecule has 113 heavy (non-hydrogen) atoms. The van der Waals surface area contributed by atoms with Gasteiger partial charge >= 0.3 is 18.0 Å². The number of carbonyl (C=O) groups is 9.